The van der Waals surface area contributed by atoms with E-state index in [0.717, 1.165) is 17.5 Å². The van der Waals surface area contributed by atoms with Crippen molar-refractivity contribution in [3.8, 4) is 11.6 Å². The molecule has 0 spiro atoms. The fourth-order valence-corrected chi connectivity index (χ4v) is 3.99. The first kappa shape index (κ1) is 28.8. The third-order valence-electron chi connectivity index (χ3n) is 6.59. The molecule has 1 aromatic carbocycles. The zero-order valence-electron chi connectivity index (χ0n) is 22.0. The Morgan fingerprint density at radius 3 is 2.51 bits per heavy atom. The fraction of sp³-hybridized carbons (Fsp3) is 0.538. The number of aliphatic hydroxyl groups is 1. The molecule has 10 nitrogen and oxygen atoms in total. The predicted octanol–water partition coefficient (Wildman–Crippen LogP) is 3.25. The number of carbonyl (C=O) groups is 1. The van der Waals surface area contributed by atoms with Crippen molar-refractivity contribution in [2.75, 3.05) is 33.0 Å². The van der Waals surface area contributed by atoms with Gasteiger partial charge in [0.05, 0.1) is 25.2 Å². The Morgan fingerprint density at radius 1 is 1.19 bits per heavy atom. The molecule has 1 saturated heterocycles. The van der Waals surface area contributed by atoms with Crippen molar-refractivity contribution in [3.63, 3.8) is 0 Å². The van der Waals surface area contributed by atoms with Gasteiger partial charge in [0.15, 0.2) is 11.4 Å². The number of nitrogens with one attached hydrogen (secondary N) is 1. The van der Waals surface area contributed by atoms with E-state index in [2.05, 4.69) is 37.9 Å². The van der Waals surface area contributed by atoms with Crippen LogP contribution in [0.4, 0.5) is 0 Å². The van der Waals surface area contributed by atoms with Crippen molar-refractivity contribution in [2.45, 2.75) is 53.0 Å². The average Bonchev–Trinajstić information content (AvgIpc) is 3.12. The Hall–Kier alpha value is -2.76. The number of ketones is 1. The van der Waals surface area contributed by atoms with Gasteiger partial charge in [-0.15, -0.1) is 27.2 Å². The highest BCUT2D eigenvalue weighted by Gasteiger charge is 2.38. The summed E-state index contributed by atoms with van der Waals surface area (Å²) in [6.45, 7) is 11.9. The number of fused-ring (bicyclic) bond motifs is 1. The van der Waals surface area contributed by atoms with E-state index in [1.807, 2.05) is 19.1 Å². The number of aromatic nitrogens is 4. The number of aliphatic hydroxyl groups excluding tert-OH is 1. The topological polar surface area (TPSA) is 124 Å². The van der Waals surface area contributed by atoms with Gasteiger partial charge in [-0.25, -0.2) is 4.68 Å². The second-order valence-corrected chi connectivity index (χ2v) is 10.5. The summed E-state index contributed by atoms with van der Waals surface area (Å²) in [7, 11) is 0. The van der Waals surface area contributed by atoms with Gasteiger partial charge in [0.1, 0.15) is 25.5 Å². The number of rotatable bonds is 10. The number of halogens is 1. The summed E-state index contributed by atoms with van der Waals surface area (Å²) in [5, 5.41) is 26.7. The number of aryl methyl sites for hydroxylation is 1. The predicted molar refractivity (Wildman–Crippen MR) is 143 cm³/mol. The first-order valence-electron chi connectivity index (χ1n) is 12.2. The van der Waals surface area contributed by atoms with Crippen molar-refractivity contribution in [3.05, 3.63) is 46.6 Å². The fourth-order valence-electron chi connectivity index (χ4n) is 3.99. The molecule has 3 aromatic rings. The zero-order valence-corrected chi connectivity index (χ0v) is 23.7. The van der Waals surface area contributed by atoms with Crippen molar-refractivity contribution >= 4 is 28.4 Å². The second kappa shape index (κ2) is 11.3. The summed E-state index contributed by atoms with van der Waals surface area (Å²) in [5.74, 6) is 0.723. The van der Waals surface area contributed by atoms with Gasteiger partial charge in [0.2, 0.25) is 11.5 Å². The van der Waals surface area contributed by atoms with Gasteiger partial charge in [-0.1, -0.05) is 27.7 Å². The van der Waals surface area contributed by atoms with Crippen LogP contribution >= 0.6 is 17.0 Å². The largest absolute Gasteiger partial charge is 0.491 e. The minimum Gasteiger partial charge on any atom is -0.491 e. The lowest BCUT2D eigenvalue weighted by Crippen LogP contribution is -2.46. The minimum atomic E-state index is -0.208. The van der Waals surface area contributed by atoms with Crippen LogP contribution in [-0.2, 0) is 16.7 Å². The molecule has 1 aliphatic heterocycles. The molecule has 0 atom stereocenters. The van der Waals surface area contributed by atoms with Gasteiger partial charge in [-0.3, -0.25) is 10.2 Å². The summed E-state index contributed by atoms with van der Waals surface area (Å²) in [4.78, 5) is 13.3. The number of carbonyl (C=O) groups excluding carboxylic acids is 1. The monoisotopic (exact) mass is 577 g/mol. The molecule has 4 rings (SSSR count). The molecule has 0 saturated carbocycles. The van der Waals surface area contributed by atoms with Crippen molar-refractivity contribution in [1.82, 2.24) is 19.4 Å². The van der Waals surface area contributed by atoms with E-state index in [9.17, 15) is 4.79 Å². The van der Waals surface area contributed by atoms with E-state index < -0.39 is 0 Å². The first-order chi connectivity index (χ1) is 17.0. The summed E-state index contributed by atoms with van der Waals surface area (Å²) >= 11 is 0. The van der Waals surface area contributed by atoms with Crippen LogP contribution in [0.1, 0.15) is 55.6 Å². The molecule has 0 radical (unpaired) electrons. The molecule has 0 aliphatic carbocycles. The summed E-state index contributed by atoms with van der Waals surface area (Å²) in [6.07, 6.45) is 0.953. The number of Topliss-reactive ketones (excluding diaryl/α,β-unsaturated/α-hetero) is 1. The highest BCUT2D eigenvalue weighted by molar-refractivity contribution is 8.93. The first-order valence-corrected chi connectivity index (χ1v) is 12.2. The van der Waals surface area contributed by atoms with Crippen molar-refractivity contribution in [1.29, 1.82) is 5.41 Å². The molecule has 1 aliphatic rings. The summed E-state index contributed by atoms with van der Waals surface area (Å²) < 4.78 is 19.7. The van der Waals surface area contributed by atoms with Gasteiger partial charge in [0, 0.05) is 17.2 Å². The Balaban J connectivity index is 0.00000380. The minimum absolute atomic E-state index is 0. The number of hydrogen-bond acceptors (Lipinski definition) is 8. The average molecular weight is 579 g/mol. The van der Waals surface area contributed by atoms with Gasteiger partial charge >= 0.3 is 0 Å². The van der Waals surface area contributed by atoms with E-state index in [4.69, 9.17) is 24.7 Å². The van der Waals surface area contributed by atoms with Gasteiger partial charge in [0.25, 0.3) is 0 Å². The molecule has 3 heterocycles. The highest BCUT2D eigenvalue weighted by Crippen LogP contribution is 2.32. The van der Waals surface area contributed by atoms with Gasteiger partial charge < -0.3 is 19.3 Å². The van der Waals surface area contributed by atoms with Crippen LogP contribution in [0.25, 0.3) is 5.65 Å². The molecule has 1 fully saturated rings. The maximum Gasteiger partial charge on any atom is 0.242 e. The Morgan fingerprint density at radius 2 is 1.92 bits per heavy atom. The molecule has 202 valence electrons. The second-order valence-electron chi connectivity index (χ2n) is 10.5. The number of benzene rings is 1. The van der Waals surface area contributed by atoms with E-state index in [1.165, 1.54) is 9.20 Å². The van der Waals surface area contributed by atoms with E-state index in [0.29, 0.717) is 42.7 Å². The highest BCUT2D eigenvalue weighted by atomic mass is 79.9. The molecule has 2 aromatic heterocycles. The summed E-state index contributed by atoms with van der Waals surface area (Å²) in [6, 6.07) is 7.19. The standard InChI is InChI=1S/C26H35N5O5.BrH/c1-6-26(14-34-15-26)16-36-22-9-17(2)23-29-30(24(27)31(23)28-22)13-21(33)18-10-19(25(3,4)5)12-20(11-18)35-8-7-32;/h9-12,27,32H,6-8,13-16H2,1-5H3;1H. The van der Waals surface area contributed by atoms with Crippen LogP contribution in [0.15, 0.2) is 24.3 Å². The molecular formula is C26H36BrN5O5. The van der Waals surface area contributed by atoms with Crippen LogP contribution in [0.2, 0.25) is 0 Å². The maximum atomic E-state index is 13.3. The molecular weight excluding hydrogens is 542 g/mol. The Labute approximate surface area is 226 Å². The van der Waals surface area contributed by atoms with Gasteiger partial charge in [-0.2, -0.15) is 4.52 Å². The van der Waals surface area contributed by atoms with Crippen LogP contribution < -0.4 is 15.1 Å². The maximum absolute atomic E-state index is 13.3. The number of ether oxygens (including phenoxy) is 3. The van der Waals surface area contributed by atoms with Crippen molar-refractivity contribution in [2.24, 2.45) is 5.41 Å². The molecule has 0 unspecified atom stereocenters. The van der Waals surface area contributed by atoms with Crippen molar-refractivity contribution < 1.29 is 24.1 Å². The third kappa shape index (κ3) is 6.22. The quantitative estimate of drug-likeness (QED) is 0.354. The summed E-state index contributed by atoms with van der Waals surface area (Å²) in [5.41, 5.74) is 2.47. The van der Waals surface area contributed by atoms with Crippen LogP contribution in [0.5, 0.6) is 11.6 Å². The van der Waals surface area contributed by atoms with E-state index >= 15 is 0 Å². The molecule has 11 heteroatoms. The number of hydrogen-bond donors (Lipinski definition) is 2. The zero-order chi connectivity index (χ0) is 26.1. The lowest BCUT2D eigenvalue weighted by atomic mass is 9.84. The lowest BCUT2D eigenvalue weighted by molar-refractivity contribution is -0.134. The van der Waals surface area contributed by atoms with Gasteiger partial charge in [-0.05, 0) is 42.5 Å². The van der Waals surface area contributed by atoms with Crippen LogP contribution in [0, 0.1) is 17.7 Å². The lowest BCUT2D eigenvalue weighted by Gasteiger charge is -2.40. The van der Waals surface area contributed by atoms with E-state index in [-0.39, 0.29) is 59.0 Å². The van der Waals surface area contributed by atoms with E-state index in [1.54, 1.807) is 12.1 Å². The molecule has 37 heavy (non-hydrogen) atoms. The molecule has 0 bridgehead atoms. The molecule has 0 amide bonds. The van der Waals surface area contributed by atoms with Crippen LogP contribution in [-0.4, -0.2) is 63.3 Å². The Kier molecular flexibility index (Phi) is 8.81. The van der Waals surface area contributed by atoms with Crippen LogP contribution in [0.3, 0.4) is 0 Å². The Bertz CT molecular complexity index is 1320. The third-order valence-corrected chi connectivity index (χ3v) is 6.59. The normalized spacial score (nSPS) is 14.6. The molecule has 2 N–H and O–H groups in total. The number of nitrogens with zero attached hydrogens (tertiary/aromatic N) is 4. The SMILES string of the molecule is Br.CCC1(COc2cc(C)c3nn(CC(=O)c4cc(OCCO)cc(C(C)(C)C)c4)c(=N)n3n2)COC1. The smallest absolute Gasteiger partial charge is 0.242 e.